The summed E-state index contributed by atoms with van der Waals surface area (Å²) >= 11 is 0. The van der Waals surface area contributed by atoms with Crippen molar-refractivity contribution < 1.29 is 27.6 Å². The number of hydrogen-bond donors (Lipinski definition) is 1. The van der Waals surface area contributed by atoms with Gasteiger partial charge in [-0.3, -0.25) is 14.5 Å². The lowest BCUT2D eigenvalue weighted by Crippen LogP contribution is -2.45. The smallest absolute Gasteiger partial charge is 0.339 e. The van der Waals surface area contributed by atoms with Gasteiger partial charge in [-0.2, -0.15) is 13.2 Å². The Bertz CT molecular complexity index is 1360. The molecule has 1 N–H and O–H groups in total. The normalized spacial score (nSPS) is 18.0. The number of Topliss-reactive ketones (excluding diaryl/α,β-unsaturated/α-hetero) is 1. The average molecular weight is 498 g/mol. The Morgan fingerprint density at radius 1 is 0.917 bits per heavy atom. The SMILES string of the molecule is Cc1ccc([C@@]2(c3ccccc3)NC(=O)N(CC(=O)c3cc(C)n(CC(F)(F)F)c3C)C2=O)cc1C. The molecule has 0 bridgehead atoms. The van der Waals surface area contributed by atoms with Crippen molar-refractivity contribution in [2.24, 2.45) is 0 Å². The number of halogens is 3. The Labute approximate surface area is 206 Å². The van der Waals surface area contributed by atoms with E-state index in [1.807, 2.05) is 26.0 Å². The molecule has 0 spiro atoms. The van der Waals surface area contributed by atoms with Gasteiger partial charge in [0.1, 0.15) is 6.54 Å². The summed E-state index contributed by atoms with van der Waals surface area (Å²) in [6.45, 7) is 4.90. The molecule has 6 nitrogen and oxygen atoms in total. The minimum atomic E-state index is -4.46. The summed E-state index contributed by atoms with van der Waals surface area (Å²) in [5.74, 6) is -1.25. The Morgan fingerprint density at radius 2 is 1.58 bits per heavy atom. The predicted molar refractivity (Wildman–Crippen MR) is 128 cm³/mol. The number of alkyl halides is 3. The van der Waals surface area contributed by atoms with Crippen molar-refractivity contribution >= 4 is 17.7 Å². The van der Waals surface area contributed by atoms with E-state index in [0.717, 1.165) is 20.6 Å². The standard InChI is InChI=1S/C27H26F3N3O3/c1-16-10-11-21(12-17(16)2)27(20-8-6-5-7-9-20)24(35)32(25(36)31-27)14-23(34)22-13-18(3)33(19(22)4)15-26(28,29)30/h5-13H,14-15H2,1-4H3,(H,31,36)/t27-/m1/s1. The van der Waals surface area contributed by atoms with Crippen LogP contribution in [0.15, 0.2) is 54.6 Å². The average Bonchev–Trinajstić information content (AvgIpc) is 3.23. The van der Waals surface area contributed by atoms with Crippen LogP contribution in [0.25, 0.3) is 0 Å². The molecule has 1 aliphatic heterocycles. The monoisotopic (exact) mass is 497 g/mol. The third-order valence-corrected chi connectivity index (χ3v) is 6.77. The molecule has 1 fully saturated rings. The molecule has 3 aromatic rings. The zero-order chi connectivity index (χ0) is 26.4. The summed E-state index contributed by atoms with van der Waals surface area (Å²) in [5.41, 5.74) is 1.92. The lowest BCUT2D eigenvalue weighted by Gasteiger charge is -2.28. The zero-order valence-electron chi connectivity index (χ0n) is 20.4. The first-order valence-electron chi connectivity index (χ1n) is 11.4. The van der Waals surface area contributed by atoms with Gasteiger partial charge in [0.15, 0.2) is 11.3 Å². The minimum Gasteiger partial charge on any atom is -0.339 e. The van der Waals surface area contributed by atoms with E-state index in [1.165, 1.54) is 19.9 Å². The topological polar surface area (TPSA) is 71.4 Å². The van der Waals surface area contributed by atoms with Gasteiger partial charge in [0, 0.05) is 17.0 Å². The second-order valence-corrected chi connectivity index (χ2v) is 9.15. The Hall–Kier alpha value is -3.88. The molecule has 1 aliphatic rings. The van der Waals surface area contributed by atoms with Crippen molar-refractivity contribution in [3.63, 3.8) is 0 Å². The summed E-state index contributed by atoms with van der Waals surface area (Å²) in [7, 11) is 0. The molecule has 0 saturated carbocycles. The van der Waals surface area contributed by atoms with Crippen LogP contribution in [0.1, 0.15) is 44.0 Å². The van der Waals surface area contributed by atoms with Gasteiger partial charge < -0.3 is 9.88 Å². The lowest BCUT2D eigenvalue weighted by molar-refractivity contribution is -0.141. The molecule has 0 radical (unpaired) electrons. The third-order valence-electron chi connectivity index (χ3n) is 6.77. The maximum atomic E-state index is 13.9. The van der Waals surface area contributed by atoms with Gasteiger partial charge in [-0.05, 0) is 56.0 Å². The molecule has 3 amide bonds. The fourth-order valence-corrected chi connectivity index (χ4v) is 4.68. The molecule has 9 heteroatoms. The van der Waals surface area contributed by atoms with Crippen LogP contribution in [0.2, 0.25) is 0 Å². The van der Waals surface area contributed by atoms with Gasteiger partial charge in [-0.25, -0.2) is 4.79 Å². The van der Waals surface area contributed by atoms with Crippen molar-refractivity contribution in [3.05, 3.63) is 93.8 Å². The molecular formula is C27H26F3N3O3. The fraction of sp³-hybridized carbons (Fsp3) is 0.296. The lowest BCUT2D eigenvalue weighted by atomic mass is 9.81. The molecule has 1 saturated heterocycles. The predicted octanol–water partition coefficient (Wildman–Crippen LogP) is 4.96. The summed E-state index contributed by atoms with van der Waals surface area (Å²) in [6.07, 6.45) is -4.46. The summed E-state index contributed by atoms with van der Waals surface area (Å²) in [4.78, 5) is 41.0. The molecule has 1 atom stereocenters. The number of aromatic nitrogens is 1. The maximum absolute atomic E-state index is 13.9. The number of nitrogens with one attached hydrogen (secondary N) is 1. The number of nitrogens with zero attached hydrogens (tertiary/aromatic N) is 2. The molecule has 0 unspecified atom stereocenters. The summed E-state index contributed by atoms with van der Waals surface area (Å²) < 4.78 is 40.0. The van der Waals surface area contributed by atoms with Crippen molar-refractivity contribution in [2.75, 3.05) is 6.54 Å². The first-order chi connectivity index (χ1) is 16.8. The minimum absolute atomic E-state index is 0.0424. The van der Waals surface area contributed by atoms with Gasteiger partial charge in [0.2, 0.25) is 0 Å². The van der Waals surface area contributed by atoms with E-state index in [1.54, 1.807) is 36.4 Å². The van der Waals surface area contributed by atoms with E-state index in [-0.39, 0.29) is 17.0 Å². The van der Waals surface area contributed by atoms with Gasteiger partial charge in [-0.15, -0.1) is 0 Å². The molecular weight excluding hydrogens is 471 g/mol. The first-order valence-corrected chi connectivity index (χ1v) is 11.4. The number of imide groups is 1. The van der Waals surface area contributed by atoms with Crippen LogP contribution < -0.4 is 5.32 Å². The molecule has 36 heavy (non-hydrogen) atoms. The quantitative estimate of drug-likeness (QED) is 0.387. The summed E-state index contributed by atoms with van der Waals surface area (Å²) in [6, 6.07) is 14.8. The van der Waals surface area contributed by atoms with Gasteiger partial charge >= 0.3 is 12.2 Å². The summed E-state index contributed by atoms with van der Waals surface area (Å²) in [5, 5.41) is 2.80. The molecule has 1 aromatic heterocycles. The zero-order valence-corrected chi connectivity index (χ0v) is 20.4. The fourth-order valence-electron chi connectivity index (χ4n) is 4.68. The highest BCUT2D eigenvalue weighted by Crippen LogP contribution is 2.37. The van der Waals surface area contributed by atoms with Crippen LogP contribution in [0.4, 0.5) is 18.0 Å². The van der Waals surface area contributed by atoms with Crippen LogP contribution in [0.5, 0.6) is 0 Å². The number of hydrogen-bond acceptors (Lipinski definition) is 3. The van der Waals surface area contributed by atoms with E-state index in [9.17, 15) is 27.6 Å². The van der Waals surface area contributed by atoms with E-state index in [0.29, 0.717) is 11.1 Å². The highest BCUT2D eigenvalue weighted by molar-refractivity contribution is 6.13. The van der Waals surface area contributed by atoms with Gasteiger partial charge in [-0.1, -0.05) is 48.5 Å². The number of ketones is 1. The van der Waals surface area contributed by atoms with E-state index < -0.39 is 42.5 Å². The molecule has 4 rings (SSSR count). The number of rotatable bonds is 6. The Morgan fingerprint density at radius 3 is 2.19 bits per heavy atom. The number of amides is 3. The van der Waals surface area contributed by atoms with Crippen LogP contribution >= 0.6 is 0 Å². The van der Waals surface area contributed by atoms with Crippen LogP contribution in [-0.2, 0) is 16.9 Å². The van der Waals surface area contributed by atoms with Gasteiger partial charge in [0.25, 0.3) is 5.91 Å². The number of aryl methyl sites for hydroxylation is 3. The number of benzene rings is 2. The third kappa shape index (κ3) is 4.29. The van der Waals surface area contributed by atoms with Crippen molar-refractivity contribution in [1.82, 2.24) is 14.8 Å². The Balaban J connectivity index is 1.72. The van der Waals surface area contributed by atoms with E-state index in [4.69, 9.17) is 0 Å². The van der Waals surface area contributed by atoms with Crippen molar-refractivity contribution in [1.29, 1.82) is 0 Å². The van der Waals surface area contributed by atoms with Crippen LogP contribution in [-0.4, -0.2) is 39.9 Å². The number of urea groups is 1. The number of carbonyl (C=O) groups excluding carboxylic acids is 3. The second-order valence-electron chi connectivity index (χ2n) is 9.15. The van der Waals surface area contributed by atoms with Crippen LogP contribution in [0, 0.1) is 27.7 Å². The Kier molecular flexibility index (Phi) is 6.28. The number of carbonyl (C=O) groups is 3. The second kappa shape index (κ2) is 8.96. The molecule has 188 valence electrons. The van der Waals surface area contributed by atoms with E-state index >= 15 is 0 Å². The van der Waals surface area contributed by atoms with E-state index in [2.05, 4.69) is 5.32 Å². The molecule has 0 aliphatic carbocycles. The molecule has 2 heterocycles. The van der Waals surface area contributed by atoms with Gasteiger partial charge in [0.05, 0.1) is 6.54 Å². The maximum Gasteiger partial charge on any atom is 0.406 e. The van der Waals surface area contributed by atoms with Crippen molar-refractivity contribution in [2.45, 2.75) is 46.0 Å². The van der Waals surface area contributed by atoms with Crippen molar-refractivity contribution in [3.8, 4) is 0 Å². The van der Waals surface area contributed by atoms with Crippen LogP contribution in [0.3, 0.4) is 0 Å². The largest absolute Gasteiger partial charge is 0.406 e. The molecule has 2 aromatic carbocycles. The highest BCUT2D eigenvalue weighted by atomic mass is 19.4. The highest BCUT2D eigenvalue weighted by Gasteiger charge is 2.54. The first kappa shape index (κ1) is 25.2.